The third-order valence-electron chi connectivity index (χ3n) is 2.89. The van der Waals surface area contributed by atoms with Crippen molar-refractivity contribution < 1.29 is 9.53 Å². The number of carbonyl (C=O) groups excluding carboxylic acids is 1. The Hall–Kier alpha value is -1.88. The van der Waals surface area contributed by atoms with Crippen LogP contribution in [0.4, 0.5) is 5.13 Å². The minimum Gasteiger partial charge on any atom is -0.497 e. The van der Waals surface area contributed by atoms with Crippen molar-refractivity contribution >= 4 is 22.4 Å². The zero-order chi connectivity index (χ0) is 14.4. The Kier molecular flexibility index (Phi) is 5.12. The normalized spacial score (nSPS) is 10.3. The van der Waals surface area contributed by atoms with E-state index in [0.29, 0.717) is 11.6 Å². The average Bonchev–Trinajstić information content (AvgIpc) is 2.93. The van der Waals surface area contributed by atoms with Crippen LogP contribution in [0.25, 0.3) is 11.3 Å². The van der Waals surface area contributed by atoms with Gasteiger partial charge in [-0.1, -0.05) is 13.3 Å². The van der Waals surface area contributed by atoms with Crippen LogP contribution in [0.2, 0.25) is 0 Å². The third-order valence-corrected chi connectivity index (χ3v) is 3.65. The van der Waals surface area contributed by atoms with E-state index in [-0.39, 0.29) is 5.91 Å². The molecule has 0 spiro atoms. The maximum absolute atomic E-state index is 11.6. The number of amides is 1. The molecule has 0 aliphatic heterocycles. The summed E-state index contributed by atoms with van der Waals surface area (Å²) in [5.41, 5.74) is 1.87. The van der Waals surface area contributed by atoms with Crippen LogP contribution in [0.5, 0.6) is 5.75 Å². The summed E-state index contributed by atoms with van der Waals surface area (Å²) in [5, 5.41) is 5.42. The molecule has 0 bridgehead atoms. The van der Waals surface area contributed by atoms with E-state index in [1.165, 1.54) is 11.3 Å². The van der Waals surface area contributed by atoms with Crippen LogP contribution in [0.1, 0.15) is 26.2 Å². The molecule has 2 aromatic rings. The number of anilines is 1. The van der Waals surface area contributed by atoms with E-state index in [2.05, 4.69) is 17.2 Å². The Morgan fingerprint density at radius 2 is 2.10 bits per heavy atom. The fraction of sp³-hybridized carbons (Fsp3) is 0.333. The van der Waals surface area contributed by atoms with E-state index < -0.39 is 0 Å². The van der Waals surface area contributed by atoms with Gasteiger partial charge in [-0.25, -0.2) is 4.98 Å². The summed E-state index contributed by atoms with van der Waals surface area (Å²) >= 11 is 1.44. The standard InChI is InChI=1S/C15H18N2O2S/c1-3-4-5-14(18)17-15-16-13(10-20-15)11-6-8-12(19-2)9-7-11/h6-10H,3-5H2,1-2H3,(H,16,17,18). The van der Waals surface area contributed by atoms with Crippen molar-refractivity contribution in [2.75, 3.05) is 12.4 Å². The highest BCUT2D eigenvalue weighted by molar-refractivity contribution is 7.14. The van der Waals surface area contributed by atoms with Gasteiger partial charge < -0.3 is 10.1 Å². The third kappa shape index (κ3) is 3.81. The van der Waals surface area contributed by atoms with Gasteiger partial charge in [0.1, 0.15) is 5.75 Å². The molecule has 1 aromatic heterocycles. The molecule has 5 heteroatoms. The molecule has 20 heavy (non-hydrogen) atoms. The summed E-state index contributed by atoms with van der Waals surface area (Å²) in [5.74, 6) is 0.847. The Labute approximate surface area is 122 Å². The van der Waals surface area contributed by atoms with Crippen LogP contribution in [0, 0.1) is 0 Å². The topological polar surface area (TPSA) is 51.2 Å². The first kappa shape index (κ1) is 14.5. The number of unbranched alkanes of at least 4 members (excludes halogenated alkanes) is 1. The summed E-state index contributed by atoms with van der Waals surface area (Å²) in [7, 11) is 1.64. The number of thiazole rings is 1. The second-order valence-corrected chi connectivity index (χ2v) is 5.28. The minimum atomic E-state index is 0.0301. The van der Waals surface area contributed by atoms with E-state index in [0.717, 1.165) is 29.8 Å². The van der Waals surface area contributed by atoms with Crippen molar-refractivity contribution in [2.24, 2.45) is 0 Å². The van der Waals surface area contributed by atoms with Crippen LogP contribution in [0.3, 0.4) is 0 Å². The molecule has 1 heterocycles. The molecule has 1 amide bonds. The Bertz CT molecular complexity index is 564. The van der Waals surface area contributed by atoms with E-state index >= 15 is 0 Å². The molecule has 2 rings (SSSR count). The van der Waals surface area contributed by atoms with Gasteiger partial charge in [0.2, 0.25) is 5.91 Å². The van der Waals surface area contributed by atoms with Crippen LogP contribution in [0.15, 0.2) is 29.6 Å². The monoisotopic (exact) mass is 290 g/mol. The van der Waals surface area contributed by atoms with Gasteiger partial charge in [-0.15, -0.1) is 11.3 Å². The second-order valence-electron chi connectivity index (χ2n) is 4.42. The zero-order valence-electron chi connectivity index (χ0n) is 11.7. The molecule has 0 unspecified atom stereocenters. The molecule has 1 aromatic carbocycles. The molecular weight excluding hydrogens is 272 g/mol. The number of nitrogens with one attached hydrogen (secondary N) is 1. The highest BCUT2D eigenvalue weighted by Crippen LogP contribution is 2.26. The summed E-state index contributed by atoms with van der Waals surface area (Å²) in [6.07, 6.45) is 2.47. The average molecular weight is 290 g/mol. The van der Waals surface area contributed by atoms with Crippen molar-refractivity contribution in [2.45, 2.75) is 26.2 Å². The lowest BCUT2D eigenvalue weighted by molar-refractivity contribution is -0.116. The molecule has 1 N–H and O–H groups in total. The van der Waals surface area contributed by atoms with E-state index in [4.69, 9.17) is 4.74 Å². The molecular formula is C15H18N2O2S. The predicted molar refractivity (Wildman–Crippen MR) is 82.3 cm³/mol. The fourth-order valence-electron chi connectivity index (χ4n) is 1.74. The lowest BCUT2D eigenvalue weighted by Gasteiger charge is -2.01. The maximum atomic E-state index is 11.6. The van der Waals surface area contributed by atoms with Gasteiger partial charge in [-0.2, -0.15) is 0 Å². The number of aromatic nitrogens is 1. The van der Waals surface area contributed by atoms with Gasteiger partial charge in [0, 0.05) is 17.4 Å². The van der Waals surface area contributed by atoms with Crippen molar-refractivity contribution in [3.05, 3.63) is 29.6 Å². The van der Waals surface area contributed by atoms with Crippen LogP contribution in [-0.4, -0.2) is 18.0 Å². The van der Waals surface area contributed by atoms with Gasteiger partial charge >= 0.3 is 0 Å². The largest absolute Gasteiger partial charge is 0.497 e. The van der Waals surface area contributed by atoms with Gasteiger partial charge in [0.15, 0.2) is 5.13 Å². The van der Waals surface area contributed by atoms with E-state index in [9.17, 15) is 4.79 Å². The summed E-state index contributed by atoms with van der Waals surface area (Å²) in [6, 6.07) is 7.70. The molecule has 0 fully saturated rings. The lowest BCUT2D eigenvalue weighted by atomic mass is 10.2. The summed E-state index contributed by atoms with van der Waals surface area (Å²) in [4.78, 5) is 16.1. The summed E-state index contributed by atoms with van der Waals surface area (Å²) in [6.45, 7) is 2.07. The van der Waals surface area contributed by atoms with Crippen LogP contribution < -0.4 is 10.1 Å². The number of nitrogens with zero attached hydrogens (tertiary/aromatic N) is 1. The van der Waals surface area contributed by atoms with Gasteiger partial charge in [-0.05, 0) is 30.7 Å². The first-order valence-electron chi connectivity index (χ1n) is 6.62. The Morgan fingerprint density at radius 1 is 1.35 bits per heavy atom. The number of hydrogen-bond acceptors (Lipinski definition) is 4. The number of rotatable bonds is 6. The number of benzene rings is 1. The number of methoxy groups -OCH3 is 1. The molecule has 106 valence electrons. The molecule has 0 saturated carbocycles. The highest BCUT2D eigenvalue weighted by atomic mass is 32.1. The van der Waals surface area contributed by atoms with Crippen molar-refractivity contribution in [3.63, 3.8) is 0 Å². The number of carbonyl (C=O) groups is 1. The predicted octanol–water partition coefficient (Wildman–Crippen LogP) is 3.95. The molecule has 0 aliphatic carbocycles. The van der Waals surface area contributed by atoms with Crippen LogP contribution >= 0.6 is 11.3 Å². The van der Waals surface area contributed by atoms with Gasteiger partial charge in [0.05, 0.1) is 12.8 Å². The Morgan fingerprint density at radius 3 is 2.75 bits per heavy atom. The van der Waals surface area contributed by atoms with Crippen LogP contribution in [-0.2, 0) is 4.79 Å². The fourth-order valence-corrected chi connectivity index (χ4v) is 2.48. The maximum Gasteiger partial charge on any atom is 0.226 e. The Balaban J connectivity index is 2.02. The molecule has 0 saturated heterocycles. The zero-order valence-corrected chi connectivity index (χ0v) is 12.5. The SMILES string of the molecule is CCCCC(=O)Nc1nc(-c2ccc(OC)cc2)cs1. The number of hydrogen-bond donors (Lipinski definition) is 1. The summed E-state index contributed by atoms with van der Waals surface area (Å²) < 4.78 is 5.13. The lowest BCUT2D eigenvalue weighted by Crippen LogP contribution is -2.10. The smallest absolute Gasteiger partial charge is 0.226 e. The number of ether oxygens (including phenoxy) is 1. The van der Waals surface area contributed by atoms with Crippen molar-refractivity contribution in [3.8, 4) is 17.0 Å². The van der Waals surface area contributed by atoms with E-state index in [1.54, 1.807) is 7.11 Å². The first-order valence-corrected chi connectivity index (χ1v) is 7.50. The first-order chi connectivity index (χ1) is 9.72. The van der Waals surface area contributed by atoms with Crippen molar-refractivity contribution in [1.29, 1.82) is 0 Å². The molecule has 4 nitrogen and oxygen atoms in total. The van der Waals surface area contributed by atoms with Gasteiger partial charge in [-0.3, -0.25) is 4.79 Å². The minimum absolute atomic E-state index is 0.0301. The second kappa shape index (κ2) is 7.05. The van der Waals surface area contributed by atoms with Crippen molar-refractivity contribution in [1.82, 2.24) is 4.98 Å². The molecule has 0 aliphatic rings. The van der Waals surface area contributed by atoms with Gasteiger partial charge in [0.25, 0.3) is 0 Å². The molecule has 0 radical (unpaired) electrons. The highest BCUT2D eigenvalue weighted by Gasteiger charge is 2.07. The van der Waals surface area contributed by atoms with E-state index in [1.807, 2.05) is 29.6 Å². The quantitative estimate of drug-likeness (QED) is 0.876. The molecule has 0 atom stereocenters.